The molecular formula is H5NNa2O7S2. The molecule has 12 heavy (non-hydrogen) atoms. The summed E-state index contributed by atoms with van der Waals surface area (Å²) in [5.41, 5.74) is 0. The van der Waals surface area contributed by atoms with Crippen LogP contribution in [-0.4, -0.2) is 94.1 Å². The Labute approximate surface area is 113 Å². The van der Waals surface area contributed by atoms with Gasteiger partial charge in [-0.25, -0.2) is 0 Å². The summed E-state index contributed by atoms with van der Waals surface area (Å²) in [6, 6.07) is 0. The van der Waals surface area contributed by atoms with E-state index in [0.717, 1.165) is 0 Å². The molecule has 0 fully saturated rings. The standard InChI is InChI=1S/H3NO7S2.2Na.2H/c2-1(9(3,4)5)10(6,7)8;;;;/h2H,(H,3,4,5)(H,6,7,8);;;;. The average Bonchev–Trinajstić information content (AvgIpc) is 1.59. The van der Waals surface area contributed by atoms with Gasteiger partial charge in [-0.15, -0.1) is 0 Å². The summed E-state index contributed by atoms with van der Waals surface area (Å²) in [5, 5.41) is 7.88. The van der Waals surface area contributed by atoms with Crippen molar-refractivity contribution in [1.29, 1.82) is 0 Å². The van der Waals surface area contributed by atoms with Gasteiger partial charge in [-0.1, -0.05) is 0 Å². The Morgan fingerprint density at radius 2 is 1.00 bits per heavy atom. The number of nitrogens with zero attached hydrogens (tertiary/aromatic N) is 1. The van der Waals surface area contributed by atoms with Gasteiger partial charge in [0, 0.05) is 0 Å². The Kier molecular flexibility index (Phi) is 10.1. The zero-order valence-corrected chi connectivity index (χ0v) is 5.87. The van der Waals surface area contributed by atoms with Gasteiger partial charge in [0.15, 0.2) is 0 Å². The fraction of sp³-hybridized carbons (Fsp3) is 0. The summed E-state index contributed by atoms with van der Waals surface area (Å²) in [6.07, 6.45) is 0. The summed E-state index contributed by atoms with van der Waals surface area (Å²) < 4.78 is 52.6. The number of hydrogen-bond donors (Lipinski definition) is 3. The molecule has 0 spiro atoms. The quantitative estimate of drug-likeness (QED) is 0.266. The van der Waals surface area contributed by atoms with E-state index in [-0.39, 0.29) is 59.1 Å². The number of rotatable bonds is 2. The molecule has 0 aromatic rings. The second kappa shape index (κ2) is 6.27. The van der Waals surface area contributed by atoms with Gasteiger partial charge in [0.1, 0.15) is 0 Å². The first kappa shape index (κ1) is 19.3. The fourth-order valence-corrected chi connectivity index (χ4v) is 1.07. The first-order valence-corrected chi connectivity index (χ1v) is 4.39. The van der Waals surface area contributed by atoms with E-state index < -0.39 is 24.5 Å². The van der Waals surface area contributed by atoms with E-state index in [9.17, 15) is 16.8 Å². The van der Waals surface area contributed by atoms with Crippen molar-refractivity contribution in [3.05, 3.63) is 0 Å². The normalized spacial score (nSPS) is 11.7. The van der Waals surface area contributed by atoms with Crippen LogP contribution in [0.2, 0.25) is 0 Å². The van der Waals surface area contributed by atoms with Crippen LogP contribution in [0, 0.1) is 0 Å². The summed E-state index contributed by atoms with van der Waals surface area (Å²) in [7, 11) is -10.6. The SMILES string of the molecule is O=S(=O)(O)N(O)S(=O)(=O)O.[NaH].[NaH]. The van der Waals surface area contributed by atoms with Gasteiger partial charge in [-0.3, -0.25) is 14.3 Å². The Bertz CT molecular complexity index is 268. The van der Waals surface area contributed by atoms with Crippen LogP contribution in [0.15, 0.2) is 0 Å². The van der Waals surface area contributed by atoms with E-state index in [0.29, 0.717) is 0 Å². The Balaban J connectivity index is -0.000000405. The second-order valence-electron chi connectivity index (χ2n) is 1.13. The molecule has 0 heterocycles. The zero-order chi connectivity index (χ0) is 8.58. The van der Waals surface area contributed by atoms with E-state index in [2.05, 4.69) is 0 Å². The van der Waals surface area contributed by atoms with Crippen molar-refractivity contribution in [2.45, 2.75) is 0 Å². The van der Waals surface area contributed by atoms with Crippen molar-refractivity contribution in [1.82, 2.24) is 3.87 Å². The summed E-state index contributed by atoms with van der Waals surface area (Å²) in [4.78, 5) is 0. The van der Waals surface area contributed by atoms with Gasteiger partial charge < -0.3 is 0 Å². The Hall–Kier alpha value is 1.74. The van der Waals surface area contributed by atoms with Crippen LogP contribution >= 0.6 is 0 Å². The topological polar surface area (TPSA) is 132 Å². The van der Waals surface area contributed by atoms with Gasteiger partial charge in [0.2, 0.25) is 0 Å². The van der Waals surface area contributed by atoms with Crippen LogP contribution in [0.5, 0.6) is 0 Å². The molecule has 12 heteroatoms. The Morgan fingerprint density at radius 3 is 1.00 bits per heavy atom. The van der Waals surface area contributed by atoms with Crippen LogP contribution < -0.4 is 0 Å². The molecule has 0 rings (SSSR count). The molecule has 0 radical (unpaired) electrons. The predicted octanol–water partition coefficient (Wildman–Crippen LogP) is -3.01. The van der Waals surface area contributed by atoms with E-state index in [4.69, 9.17) is 14.3 Å². The molecule has 0 aliphatic heterocycles. The third kappa shape index (κ3) is 7.17. The van der Waals surface area contributed by atoms with Crippen molar-refractivity contribution >= 4 is 79.7 Å². The molecule has 0 saturated carbocycles. The molecule has 0 aliphatic rings. The molecule has 0 saturated heterocycles. The van der Waals surface area contributed by atoms with Gasteiger partial charge in [0.05, 0.1) is 3.87 Å². The molecule has 0 bridgehead atoms. The molecule has 0 aromatic carbocycles. The summed E-state index contributed by atoms with van der Waals surface area (Å²) >= 11 is 0. The molecule has 0 unspecified atom stereocenters. The average molecular weight is 241 g/mol. The first-order valence-electron chi connectivity index (χ1n) is 1.60. The third-order valence-corrected chi connectivity index (χ3v) is 2.31. The molecule has 0 aromatic heterocycles. The van der Waals surface area contributed by atoms with Crippen molar-refractivity contribution < 1.29 is 31.1 Å². The van der Waals surface area contributed by atoms with E-state index in [1.54, 1.807) is 0 Å². The molecular weight excluding hydrogens is 236 g/mol. The van der Waals surface area contributed by atoms with Gasteiger partial charge in [-0.2, -0.15) is 16.8 Å². The molecule has 66 valence electrons. The molecule has 0 aliphatic carbocycles. The van der Waals surface area contributed by atoms with Crippen molar-refractivity contribution in [2.75, 3.05) is 0 Å². The summed E-state index contributed by atoms with van der Waals surface area (Å²) in [5.74, 6) is 0. The van der Waals surface area contributed by atoms with Gasteiger partial charge >= 0.3 is 79.7 Å². The van der Waals surface area contributed by atoms with E-state index in [1.807, 2.05) is 0 Å². The summed E-state index contributed by atoms with van der Waals surface area (Å²) in [6.45, 7) is 0. The van der Waals surface area contributed by atoms with Crippen LogP contribution in [-0.2, 0) is 20.6 Å². The maximum atomic E-state index is 9.67. The van der Waals surface area contributed by atoms with Crippen molar-refractivity contribution in [2.24, 2.45) is 0 Å². The van der Waals surface area contributed by atoms with E-state index in [1.165, 1.54) is 0 Å². The molecule has 8 nitrogen and oxygen atoms in total. The minimum absolute atomic E-state index is 0. The van der Waals surface area contributed by atoms with Crippen LogP contribution in [0.3, 0.4) is 0 Å². The van der Waals surface area contributed by atoms with Crippen LogP contribution in [0.1, 0.15) is 0 Å². The Morgan fingerprint density at radius 1 is 0.833 bits per heavy atom. The van der Waals surface area contributed by atoms with Crippen LogP contribution in [0.25, 0.3) is 0 Å². The number of hydrogen-bond acceptors (Lipinski definition) is 5. The van der Waals surface area contributed by atoms with Gasteiger partial charge in [-0.05, 0) is 0 Å². The van der Waals surface area contributed by atoms with Crippen molar-refractivity contribution in [3.8, 4) is 0 Å². The fourth-order valence-electron chi connectivity index (χ4n) is 0.119. The molecule has 3 N–H and O–H groups in total. The third-order valence-electron chi connectivity index (χ3n) is 0.395. The molecule has 0 atom stereocenters. The maximum absolute atomic E-state index is 9.67. The van der Waals surface area contributed by atoms with E-state index >= 15 is 0 Å². The van der Waals surface area contributed by atoms with Gasteiger partial charge in [0.25, 0.3) is 0 Å². The van der Waals surface area contributed by atoms with Crippen LogP contribution in [0.4, 0.5) is 0 Å². The minimum atomic E-state index is -5.31. The monoisotopic (exact) mass is 241 g/mol. The molecule has 0 amide bonds. The predicted molar refractivity (Wildman–Crippen MR) is 41.0 cm³/mol. The van der Waals surface area contributed by atoms with Crippen molar-refractivity contribution in [3.63, 3.8) is 0 Å². The second-order valence-corrected chi connectivity index (χ2v) is 3.85. The zero-order valence-electron chi connectivity index (χ0n) is 4.24. The first-order chi connectivity index (χ1) is 4.15.